The van der Waals surface area contributed by atoms with Crippen molar-refractivity contribution in [2.75, 3.05) is 13.1 Å². The molecule has 1 saturated heterocycles. The molecule has 1 heterocycles. The van der Waals surface area contributed by atoms with Crippen LogP contribution in [-0.2, 0) is 0 Å². The van der Waals surface area contributed by atoms with E-state index in [0.29, 0.717) is 18.9 Å². The average molecular weight is 306 g/mol. The molecule has 0 aromatic carbocycles. The van der Waals surface area contributed by atoms with Gasteiger partial charge < -0.3 is 5.32 Å². The van der Waals surface area contributed by atoms with Crippen LogP contribution in [0.25, 0.3) is 0 Å². The molecule has 21 heavy (non-hydrogen) atoms. The Morgan fingerprint density at radius 2 is 1.52 bits per heavy atom. The normalized spacial score (nSPS) is 30.6. The topological polar surface area (TPSA) is 15.3 Å². The van der Waals surface area contributed by atoms with Gasteiger partial charge >= 0.3 is 6.18 Å². The second kappa shape index (κ2) is 6.45. The van der Waals surface area contributed by atoms with Gasteiger partial charge in [-0.05, 0) is 52.9 Å². The van der Waals surface area contributed by atoms with Crippen LogP contribution in [0.15, 0.2) is 0 Å². The largest absolute Gasteiger partial charge is 0.391 e. The molecule has 1 saturated carbocycles. The smallest absolute Gasteiger partial charge is 0.311 e. The fraction of sp³-hybridized carbons (Fsp3) is 1.00. The quantitative estimate of drug-likeness (QED) is 0.831. The molecular formula is C16H29F3N2. The van der Waals surface area contributed by atoms with E-state index in [1.807, 2.05) is 0 Å². The highest BCUT2D eigenvalue weighted by Crippen LogP contribution is 2.37. The van der Waals surface area contributed by atoms with Crippen LogP contribution in [0.2, 0.25) is 0 Å². The van der Waals surface area contributed by atoms with Crippen LogP contribution in [0, 0.1) is 5.92 Å². The third-order valence-corrected chi connectivity index (χ3v) is 5.05. The van der Waals surface area contributed by atoms with Crippen molar-refractivity contribution in [2.24, 2.45) is 5.92 Å². The average Bonchev–Trinajstić information content (AvgIpc) is 2.37. The Hall–Kier alpha value is -0.290. The van der Waals surface area contributed by atoms with Crippen molar-refractivity contribution in [3.05, 3.63) is 0 Å². The number of hydrogen-bond donors (Lipinski definition) is 1. The lowest BCUT2D eigenvalue weighted by molar-refractivity contribution is -0.184. The van der Waals surface area contributed by atoms with E-state index in [-0.39, 0.29) is 18.0 Å². The van der Waals surface area contributed by atoms with Crippen LogP contribution in [-0.4, -0.2) is 41.8 Å². The Morgan fingerprint density at radius 3 is 2.05 bits per heavy atom. The van der Waals surface area contributed by atoms with Crippen LogP contribution < -0.4 is 5.32 Å². The van der Waals surface area contributed by atoms with Crippen molar-refractivity contribution in [1.29, 1.82) is 0 Å². The van der Waals surface area contributed by atoms with E-state index in [1.165, 1.54) is 0 Å². The zero-order chi connectivity index (χ0) is 15.7. The van der Waals surface area contributed by atoms with Gasteiger partial charge in [0, 0.05) is 30.7 Å². The van der Waals surface area contributed by atoms with Gasteiger partial charge in [-0.25, -0.2) is 0 Å². The Labute approximate surface area is 126 Å². The second-order valence-electron chi connectivity index (χ2n) is 7.70. The molecule has 0 unspecified atom stereocenters. The highest BCUT2D eigenvalue weighted by molar-refractivity contribution is 4.88. The SMILES string of the molecule is CC(C)(C)N1CCC(N[C@@H]2CCC[C@@H](C(F)(F)F)C2)CC1. The number of rotatable bonds is 2. The van der Waals surface area contributed by atoms with E-state index in [4.69, 9.17) is 0 Å². The molecular weight excluding hydrogens is 277 g/mol. The molecule has 2 atom stereocenters. The standard InChI is InChI=1S/C16H29F3N2/c1-15(2,3)21-9-7-13(8-10-21)20-14-6-4-5-12(11-14)16(17,18)19/h12-14,20H,4-11H2,1-3H3/t12-,14-/m1/s1. The minimum absolute atomic E-state index is 0.0524. The van der Waals surface area contributed by atoms with E-state index in [2.05, 4.69) is 31.0 Å². The number of nitrogens with zero attached hydrogens (tertiary/aromatic N) is 1. The zero-order valence-electron chi connectivity index (χ0n) is 13.5. The van der Waals surface area contributed by atoms with E-state index in [9.17, 15) is 13.2 Å². The Morgan fingerprint density at radius 1 is 0.905 bits per heavy atom. The minimum Gasteiger partial charge on any atom is -0.311 e. The zero-order valence-corrected chi connectivity index (χ0v) is 13.5. The van der Waals surface area contributed by atoms with Crippen LogP contribution in [0.5, 0.6) is 0 Å². The van der Waals surface area contributed by atoms with Gasteiger partial charge in [0.2, 0.25) is 0 Å². The number of nitrogens with one attached hydrogen (secondary N) is 1. The molecule has 5 heteroatoms. The molecule has 1 aliphatic heterocycles. The van der Waals surface area contributed by atoms with Gasteiger partial charge in [0.15, 0.2) is 0 Å². The monoisotopic (exact) mass is 306 g/mol. The summed E-state index contributed by atoms with van der Waals surface area (Å²) < 4.78 is 38.5. The molecule has 2 rings (SSSR count). The molecule has 2 nitrogen and oxygen atoms in total. The predicted octanol–water partition coefficient (Wildman–Crippen LogP) is 3.96. The summed E-state index contributed by atoms with van der Waals surface area (Å²) >= 11 is 0. The minimum atomic E-state index is -4.02. The van der Waals surface area contributed by atoms with Gasteiger partial charge in [-0.15, -0.1) is 0 Å². The molecule has 0 aromatic heterocycles. The summed E-state index contributed by atoms with van der Waals surface area (Å²) in [5.74, 6) is -1.10. The maximum absolute atomic E-state index is 12.8. The lowest BCUT2D eigenvalue weighted by Gasteiger charge is -2.42. The van der Waals surface area contributed by atoms with Crippen LogP contribution in [0.4, 0.5) is 13.2 Å². The number of alkyl halides is 3. The number of piperidine rings is 1. The van der Waals surface area contributed by atoms with Gasteiger partial charge in [0.05, 0.1) is 5.92 Å². The summed E-state index contributed by atoms with van der Waals surface area (Å²) in [4.78, 5) is 2.46. The molecule has 0 radical (unpaired) electrons. The molecule has 1 aliphatic carbocycles. The van der Waals surface area contributed by atoms with Crippen LogP contribution >= 0.6 is 0 Å². The summed E-state index contributed by atoms with van der Waals surface area (Å²) in [6.07, 6.45) is 0.243. The Bertz CT molecular complexity index is 327. The summed E-state index contributed by atoms with van der Waals surface area (Å²) in [7, 11) is 0. The summed E-state index contributed by atoms with van der Waals surface area (Å²) in [6, 6.07) is 0.442. The Kier molecular flexibility index (Phi) is 5.24. The first-order valence-electron chi connectivity index (χ1n) is 8.24. The lowest BCUT2D eigenvalue weighted by Crippen LogP contribution is -2.52. The maximum atomic E-state index is 12.8. The highest BCUT2D eigenvalue weighted by atomic mass is 19.4. The summed E-state index contributed by atoms with van der Waals surface area (Å²) in [5, 5.41) is 3.51. The number of likely N-dealkylation sites (tertiary alicyclic amines) is 1. The third kappa shape index (κ3) is 4.85. The molecule has 0 aromatic rings. The molecule has 2 fully saturated rings. The van der Waals surface area contributed by atoms with Crippen molar-refractivity contribution in [3.63, 3.8) is 0 Å². The predicted molar refractivity (Wildman–Crippen MR) is 79.3 cm³/mol. The second-order valence-corrected chi connectivity index (χ2v) is 7.70. The molecule has 1 N–H and O–H groups in total. The summed E-state index contributed by atoms with van der Waals surface area (Å²) in [6.45, 7) is 8.73. The third-order valence-electron chi connectivity index (χ3n) is 5.05. The van der Waals surface area contributed by atoms with Crippen LogP contribution in [0.3, 0.4) is 0 Å². The van der Waals surface area contributed by atoms with Crippen molar-refractivity contribution < 1.29 is 13.2 Å². The molecule has 0 spiro atoms. The van der Waals surface area contributed by atoms with Gasteiger partial charge in [0.1, 0.15) is 0 Å². The molecule has 2 aliphatic rings. The fourth-order valence-electron chi connectivity index (χ4n) is 3.69. The van der Waals surface area contributed by atoms with Crippen molar-refractivity contribution in [3.8, 4) is 0 Å². The molecule has 124 valence electrons. The van der Waals surface area contributed by atoms with Crippen molar-refractivity contribution >= 4 is 0 Å². The number of hydrogen-bond acceptors (Lipinski definition) is 2. The maximum Gasteiger partial charge on any atom is 0.391 e. The molecule has 0 amide bonds. The van der Waals surface area contributed by atoms with E-state index in [0.717, 1.165) is 32.4 Å². The van der Waals surface area contributed by atoms with Crippen molar-refractivity contribution in [1.82, 2.24) is 10.2 Å². The van der Waals surface area contributed by atoms with E-state index >= 15 is 0 Å². The van der Waals surface area contributed by atoms with Gasteiger partial charge in [-0.3, -0.25) is 4.90 Å². The van der Waals surface area contributed by atoms with E-state index < -0.39 is 12.1 Å². The first kappa shape index (κ1) is 17.1. The van der Waals surface area contributed by atoms with Gasteiger partial charge in [0.25, 0.3) is 0 Å². The number of halogens is 3. The van der Waals surface area contributed by atoms with Crippen LogP contribution in [0.1, 0.15) is 59.3 Å². The van der Waals surface area contributed by atoms with Crippen molar-refractivity contribution in [2.45, 2.75) is 83.1 Å². The van der Waals surface area contributed by atoms with Gasteiger partial charge in [-0.1, -0.05) is 6.42 Å². The summed E-state index contributed by atoms with van der Waals surface area (Å²) in [5.41, 5.74) is 0.192. The first-order valence-corrected chi connectivity index (χ1v) is 8.24. The fourth-order valence-corrected chi connectivity index (χ4v) is 3.69. The van der Waals surface area contributed by atoms with E-state index in [1.54, 1.807) is 0 Å². The lowest BCUT2D eigenvalue weighted by atomic mass is 9.84. The highest BCUT2D eigenvalue weighted by Gasteiger charge is 2.42. The Balaban J connectivity index is 1.78. The first-order chi connectivity index (χ1) is 9.66. The van der Waals surface area contributed by atoms with Gasteiger partial charge in [-0.2, -0.15) is 13.2 Å². The molecule has 0 bridgehead atoms.